The van der Waals surface area contributed by atoms with Crippen molar-refractivity contribution in [1.82, 2.24) is 52.3 Å². The lowest BCUT2D eigenvalue weighted by atomic mass is 10.0. The largest absolute Gasteiger partial charge is 0.370 e. The molecule has 0 aliphatic carbocycles. The number of nitrogens with one attached hydrogen (secondary N) is 8. The number of carbonyl (C=O) groups is 13. The van der Waals surface area contributed by atoms with Gasteiger partial charge in [0.25, 0.3) is 0 Å². The van der Waals surface area contributed by atoms with Gasteiger partial charge in [0.2, 0.25) is 76.8 Å². The molecule has 524 valence electrons. The van der Waals surface area contributed by atoms with E-state index in [1.807, 2.05) is 20.1 Å². The molecule has 31 nitrogen and oxygen atoms in total. The van der Waals surface area contributed by atoms with Gasteiger partial charge in [-0.2, -0.15) is 11.8 Å². The lowest BCUT2D eigenvalue weighted by Gasteiger charge is -2.32. The Hall–Kier alpha value is -8.91. The molecular weight excluding hydrogens is 1250 g/mol. The van der Waals surface area contributed by atoms with Gasteiger partial charge in [-0.1, -0.05) is 74.5 Å². The number of hydrogen-bond acceptors (Lipinski definition) is 17. The van der Waals surface area contributed by atoms with Gasteiger partial charge in [0, 0.05) is 45.3 Å². The van der Waals surface area contributed by atoms with Crippen LogP contribution in [-0.4, -0.2) is 198 Å². The quantitative estimate of drug-likeness (QED) is 0.0173. The summed E-state index contributed by atoms with van der Waals surface area (Å²) >= 11 is 1.45. The first-order valence-electron chi connectivity index (χ1n) is 32.2. The van der Waals surface area contributed by atoms with Gasteiger partial charge < -0.3 is 92.5 Å². The highest BCUT2D eigenvalue weighted by molar-refractivity contribution is 7.98. The van der Waals surface area contributed by atoms with Crippen molar-refractivity contribution in [3.05, 3.63) is 71.8 Å². The standard InChI is InChI=1S/C63H98N18O13S/c1-37(2)33-45(57(89)74-41(53(68)85)27-32-95-3)73-52(84)36-72-54(86)46(34-38-15-6-4-7-16-38)78-58(90)47(35-39-17-8-5-9-18-39)79-56(88)42(23-25-50(66)82)75-55(87)43(24-26-51(67)83)76-59(91)49-22-14-31-81(49)62(94)44(20-10-11-28-64)77-60(92)48-21-13-30-80(48)61(93)40(65)19-12-29-71-63(69)70/h4-9,15-18,37,40-49H,10-14,19-36,64-65H2,1-3H3,(H2,66,82)(H2,67,83)(H2,68,85)(H,72,86)(H,73,84)(H,74,89)(H,75,87)(H,76,91)(H,77,92)(H,78,90)(H,79,88)(H4,69,70,71)/t40-,41+,42-,43+,44+,45+,46+,47-,48-,49+/m1/s1. The van der Waals surface area contributed by atoms with Crippen LogP contribution in [-0.2, 0) is 75.2 Å². The summed E-state index contributed by atoms with van der Waals surface area (Å²) in [5.74, 6) is -9.80. The molecule has 2 aromatic rings. The van der Waals surface area contributed by atoms with Crippen LogP contribution in [0.5, 0.6) is 0 Å². The van der Waals surface area contributed by atoms with Gasteiger partial charge in [-0.15, -0.1) is 0 Å². The van der Waals surface area contributed by atoms with E-state index in [-0.39, 0.29) is 83.0 Å². The van der Waals surface area contributed by atoms with Crippen LogP contribution in [0.1, 0.15) is 121 Å². The Bertz CT molecular complexity index is 2960. The number of nitrogens with two attached hydrogens (primary N) is 7. The van der Waals surface area contributed by atoms with Crippen molar-refractivity contribution in [3.63, 3.8) is 0 Å². The van der Waals surface area contributed by atoms with Crippen molar-refractivity contribution in [2.24, 2.45) is 51.0 Å². The molecule has 2 fully saturated rings. The summed E-state index contributed by atoms with van der Waals surface area (Å²) in [4.78, 5) is 185. The summed E-state index contributed by atoms with van der Waals surface area (Å²) in [6.45, 7) is 3.86. The smallest absolute Gasteiger partial charge is 0.245 e. The third-order valence-corrected chi connectivity index (χ3v) is 16.7. The van der Waals surface area contributed by atoms with Gasteiger partial charge in [-0.3, -0.25) is 67.3 Å². The van der Waals surface area contributed by atoms with Crippen LogP contribution in [0.3, 0.4) is 0 Å². The molecule has 2 saturated heterocycles. The minimum absolute atomic E-state index is 0.0736. The van der Waals surface area contributed by atoms with E-state index in [0.717, 1.165) is 0 Å². The maximum atomic E-state index is 14.7. The van der Waals surface area contributed by atoms with E-state index in [1.165, 1.54) is 21.6 Å². The predicted octanol–water partition coefficient (Wildman–Crippen LogP) is -3.71. The number of carbonyl (C=O) groups excluding carboxylic acids is 13. The van der Waals surface area contributed by atoms with Gasteiger partial charge in [-0.25, -0.2) is 0 Å². The summed E-state index contributed by atoms with van der Waals surface area (Å²) in [6.07, 6.45) is 3.12. The molecule has 2 aliphatic rings. The van der Waals surface area contributed by atoms with E-state index in [0.29, 0.717) is 55.4 Å². The van der Waals surface area contributed by atoms with Crippen molar-refractivity contribution in [3.8, 4) is 0 Å². The Morgan fingerprint density at radius 2 is 1.01 bits per heavy atom. The minimum Gasteiger partial charge on any atom is -0.370 e. The summed E-state index contributed by atoms with van der Waals surface area (Å²) in [5, 5.41) is 21.1. The number of benzene rings is 2. The Labute approximate surface area is 558 Å². The molecular formula is C63H98N18O13S. The van der Waals surface area contributed by atoms with Gasteiger partial charge in [0.05, 0.1) is 12.6 Å². The van der Waals surface area contributed by atoms with Crippen LogP contribution in [0.25, 0.3) is 0 Å². The summed E-state index contributed by atoms with van der Waals surface area (Å²) in [7, 11) is 0. The number of unbranched alkanes of at least 4 members (excludes halogenated alkanes) is 1. The maximum absolute atomic E-state index is 14.7. The minimum atomic E-state index is -1.64. The van der Waals surface area contributed by atoms with Crippen LogP contribution < -0.4 is 82.7 Å². The topological polar surface area (TPSA) is 519 Å². The molecule has 22 N–H and O–H groups in total. The van der Waals surface area contributed by atoms with E-state index in [1.54, 1.807) is 60.7 Å². The highest BCUT2D eigenvalue weighted by atomic mass is 32.2. The second-order valence-electron chi connectivity index (χ2n) is 24.1. The number of hydrogen-bond donors (Lipinski definition) is 15. The highest BCUT2D eigenvalue weighted by Gasteiger charge is 2.42. The maximum Gasteiger partial charge on any atom is 0.245 e. The lowest BCUT2D eigenvalue weighted by Crippen LogP contribution is -2.60. The first kappa shape index (κ1) is 78.5. The van der Waals surface area contributed by atoms with Crippen molar-refractivity contribution in [1.29, 1.82) is 0 Å². The normalized spacial score (nSPS) is 16.8. The number of nitrogens with zero attached hydrogens (tertiary/aromatic N) is 3. The molecule has 4 rings (SSSR count). The first-order chi connectivity index (χ1) is 45.2. The number of aliphatic imine (C=N–C) groups is 1. The van der Waals surface area contributed by atoms with Gasteiger partial charge in [0.15, 0.2) is 5.96 Å². The Kier molecular flexibility index (Phi) is 33.9. The third-order valence-electron chi connectivity index (χ3n) is 16.0. The number of likely N-dealkylation sites (tertiary alicyclic amines) is 2. The molecule has 0 unspecified atom stereocenters. The average Bonchev–Trinajstić information content (AvgIpc) is 1.74. The van der Waals surface area contributed by atoms with Crippen LogP contribution in [0, 0.1) is 5.92 Å². The molecule has 0 spiro atoms. The van der Waals surface area contributed by atoms with E-state index < -0.39 is 169 Å². The Morgan fingerprint density at radius 1 is 0.537 bits per heavy atom. The molecule has 0 aromatic heterocycles. The van der Waals surface area contributed by atoms with Crippen molar-refractivity contribution in [2.45, 2.75) is 183 Å². The second kappa shape index (κ2) is 41.0. The number of primary amides is 3. The summed E-state index contributed by atoms with van der Waals surface area (Å²) < 4.78 is 0. The van der Waals surface area contributed by atoms with Gasteiger partial charge >= 0.3 is 0 Å². The van der Waals surface area contributed by atoms with E-state index in [2.05, 4.69) is 47.5 Å². The summed E-state index contributed by atoms with van der Waals surface area (Å²) in [5.41, 5.74) is 40.6. The number of thioether (sulfide) groups is 1. The van der Waals surface area contributed by atoms with E-state index in [9.17, 15) is 62.3 Å². The van der Waals surface area contributed by atoms with Crippen molar-refractivity contribution < 1.29 is 62.3 Å². The number of rotatable bonds is 42. The van der Waals surface area contributed by atoms with Crippen LogP contribution >= 0.6 is 11.8 Å². The predicted molar refractivity (Wildman–Crippen MR) is 356 cm³/mol. The summed E-state index contributed by atoms with van der Waals surface area (Å²) in [6, 6.07) is 4.51. The molecule has 13 amide bonds. The second-order valence-corrected chi connectivity index (χ2v) is 25.1. The fraction of sp³-hybridized carbons (Fsp3) is 0.587. The van der Waals surface area contributed by atoms with Crippen molar-refractivity contribution >= 4 is 94.5 Å². The molecule has 0 saturated carbocycles. The zero-order valence-electron chi connectivity index (χ0n) is 54.5. The van der Waals surface area contributed by atoms with Crippen LogP contribution in [0.15, 0.2) is 65.7 Å². The number of amides is 13. The zero-order valence-corrected chi connectivity index (χ0v) is 55.3. The molecule has 0 radical (unpaired) electrons. The molecule has 0 bridgehead atoms. The Balaban J connectivity index is 1.56. The SMILES string of the molecule is CSCC[C@H](NC(=O)[C@H](CC(C)C)NC(=O)CNC(=O)[C@H](Cc1ccccc1)NC(=O)[C@@H](Cc1ccccc1)NC(=O)[C@@H](CCC(N)=O)NC(=O)[C@H](CCC(N)=O)NC(=O)[C@@H]1CCCN1C(=O)[C@H](CCCCN)NC(=O)[C@H]1CCCN1C(=O)[C@H](N)CCCN=C(N)N)C(N)=O. The van der Waals surface area contributed by atoms with E-state index >= 15 is 0 Å². The van der Waals surface area contributed by atoms with Crippen LogP contribution in [0.4, 0.5) is 0 Å². The molecule has 32 heteroatoms. The third kappa shape index (κ3) is 27.5. The lowest BCUT2D eigenvalue weighted by molar-refractivity contribution is -0.144. The zero-order chi connectivity index (χ0) is 70.1. The fourth-order valence-corrected chi connectivity index (χ4v) is 11.5. The highest BCUT2D eigenvalue weighted by Crippen LogP contribution is 2.24. The molecule has 2 aromatic carbocycles. The molecule has 2 heterocycles. The average molecular weight is 1350 g/mol. The molecule has 2 aliphatic heterocycles. The van der Waals surface area contributed by atoms with Gasteiger partial charge in [-0.05, 0) is 119 Å². The first-order valence-corrected chi connectivity index (χ1v) is 33.6. The molecule has 10 atom stereocenters. The van der Waals surface area contributed by atoms with Crippen LogP contribution in [0.2, 0.25) is 0 Å². The van der Waals surface area contributed by atoms with Gasteiger partial charge in [0.1, 0.15) is 54.4 Å². The monoisotopic (exact) mass is 1350 g/mol. The van der Waals surface area contributed by atoms with E-state index in [4.69, 9.17) is 40.1 Å². The fourth-order valence-electron chi connectivity index (χ4n) is 11.0. The van der Waals surface area contributed by atoms with Crippen molar-refractivity contribution in [2.75, 3.05) is 44.7 Å². The number of guanidine groups is 1. The Morgan fingerprint density at radius 3 is 1.51 bits per heavy atom. The molecule has 95 heavy (non-hydrogen) atoms.